The highest BCUT2D eigenvalue weighted by Gasteiger charge is 2.37. The van der Waals surface area contributed by atoms with Crippen LogP contribution in [0.15, 0.2) is 12.4 Å². The lowest BCUT2D eigenvalue weighted by molar-refractivity contribution is -0.126. The summed E-state index contributed by atoms with van der Waals surface area (Å²) in [6.07, 6.45) is 10.3. The average Bonchev–Trinajstić information content (AvgIpc) is 2.74. The quantitative estimate of drug-likeness (QED) is 0.900. The van der Waals surface area contributed by atoms with Crippen molar-refractivity contribution in [1.82, 2.24) is 14.5 Å². The first-order valence-corrected chi connectivity index (χ1v) is 7.26. The van der Waals surface area contributed by atoms with Crippen LogP contribution in [0, 0.1) is 5.92 Å². The predicted octanol–water partition coefficient (Wildman–Crippen LogP) is 1.62. The molecule has 1 amide bonds. The number of imidazole rings is 1. The Hall–Kier alpha value is -1.36. The lowest BCUT2D eigenvalue weighted by atomic mass is 9.89. The normalized spacial score (nSPS) is 22.2. The van der Waals surface area contributed by atoms with Crippen LogP contribution >= 0.6 is 0 Å². The van der Waals surface area contributed by atoms with E-state index in [4.69, 9.17) is 0 Å². The van der Waals surface area contributed by atoms with Gasteiger partial charge in [0.15, 0.2) is 0 Å². The van der Waals surface area contributed by atoms with Gasteiger partial charge in [-0.05, 0) is 12.8 Å². The Morgan fingerprint density at radius 2 is 2.05 bits per heavy atom. The van der Waals surface area contributed by atoms with Gasteiger partial charge in [0.2, 0.25) is 11.9 Å². The van der Waals surface area contributed by atoms with E-state index >= 15 is 0 Å². The Bertz CT molecular complexity index is 444. The van der Waals surface area contributed by atoms with Crippen molar-refractivity contribution in [1.29, 1.82) is 0 Å². The SMILES string of the molecule is Cn1ccnc1NC(=O)C1CN(C2CCCCC2)C1. The summed E-state index contributed by atoms with van der Waals surface area (Å²) in [4.78, 5) is 18.7. The predicted molar refractivity (Wildman–Crippen MR) is 73.8 cm³/mol. The molecule has 0 aromatic carbocycles. The molecule has 0 bridgehead atoms. The van der Waals surface area contributed by atoms with Crippen molar-refractivity contribution in [3.63, 3.8) is 0 Å². The van der Waals surface area contributed by atoms with Crippen LogP contribution in [0.1, 0.15) is 32.1 Å². The van der Waals surface area contributed by atoms with Crippen molar-refractivity contribution in [3.05, 3.63) is 12.4 Å². The molecule has 5 nitrogen and oxygen atoms in total. The smallest absolute Gasteiger partial charge is 0.232 e. The highest BCUT2D eigenvalue weighted by Crippen LogP contribution is 2.28. The Morgan fingerprint density at radius 3 is 2.68 bits per heavy atom. The fourth-order valence-electron chi connectivity index (χ4n) is 3.12. The lowest BCUT2D eigenvalue weighted by Gasteiger charge is -2.44. The summed E-state index contributed by atoms with van der Waals surface area (Å²) in [7, 11) is 1.89. The van der Waals surface area contributed by atoms with Crippen LogP contribution in [0.4, 0.5) is 5.95 Å². The lowest BCUT2D eigenvalue weighted by Crippen LogP contribution is -2.56. The van der Waals surface area contributed by atoms with E-state index in [0.717, 1.165) is 19.1 Å². The third kappa shape index (κ3) is 2.66. The molecular weight excluding hydrogens is 240 g/mol. The number of hydrogen-bond acceptors (Lipinski definition) is 3. The average molecular weight is 262 g/mol. The van der Waals surface area contributed by atoms with Gasteiger partial charge in [-0.3, -0.25) is 15.0 Å². The van der Waals surface area contributed by atoms with Crippen molar-refractivity contribution >= 4 is 11.9 Å². The molecule has 0 unspecified atom stereocenters. The summed E-state index contributed by atoms with van der Waals surface area (Å²) in [6.45, 7) is 1.84. The molecule has 19 heavy (non-hydrogen) atoms. The number of aromatic nitrogens is 2. The molecule has 1 saturated carbocycles. The van der Waals surface area contributed by atoms with E-state index < -0.39 is 0 Å². The molecule has 0 atom stereocenters. The summed E-state index contributed by atoms with van der Waals surface area (Å²) in [5.41, 5.74) is 0. The molecule has 1 N–H and O–H groups in total. The van der Waals surface area contributed by atoms with Crippen molar-refractivity contribution < 1.29 is 4.79 Å². The molecule has 2 heterocycles. The minimum Gasteiger partial charge on any atom is -0.320 e. The molecule has 2 aliphatic rings. The zero-order chi connectivity index (χ0) is 13.2. The van der Waals surface area contributed by atoms with Gasteiger partial charge < -0.3 is 4.57 Å². The highest BCUT2D eigenvalue weighted by molar-refractivity contribution is 5.92. The Balaban J connectivity index is 1.47. The van der Waals surface area contributed by atoms with Crippen molar-refractivity contribution in [2.24, 2.45) is 13.0 Å². The summed E-state index contributed by atoms with van der Waals surface area (Å²) in [5, 5.41) is 2.90. The molecule has 1 aliphatic heterocycles. The first-order chi connectivity index (χ1) is 9.24. The molecule has 1 aromatic heterocycles. The number of aryl methyl sites for hydroxylation is 1. The number of nitrogens with one attached hydrogen (secondary N) is 1. The maximum absolute atomic E-state index is 12.1. The number of nitrogens with zero attached hydrogens (tertiary/aromatic N) is 3. The summed E-state index contributed by atoms with van der Waals surface area (Å²) < 4.78 is 1.83. The van der Waals surface area contributed by atoms with E-state index in [-0.39, 0.29) is 11.8 Å². The Labute approximate surface area is 114 Å². The largest absolute Gasteiger partial charge is 0.320 e. The van der Waals surface area contributed by atoms with Crippen LogP contribution in [0.2, 0.25) is 0 Å². The molecule has 1 aromatic rings. The van der Waals surface area contributed by atoms with Crippen LogP contribution < -0.4 is 5.32 Å². The second-order valence-corrected chi connectivity index (χ2v) is 5.79. The standard InChI is InChI=1S/C14H22N4O/c1-17-8-7-15-14(17)16-13(19)11-9-18(10-11)12-5-3-2-4-6-12/h7-8,11-12H,2-6,9-10H2,1H3,(H,15,16,19). The summed E-state index contributed by atoms with van der Waals surface area (Å²) >= 11 is 0. The number of likely N-dealkylation sites (tertiary alicyclic amines) is 1. The van der Waals surface area contributed by atoms with E-state index in [9.17, 15) is 4.79 Å². The van der Waals surface area contributed by atoms with Crippen LogP contribution in [0.25, 0.3) is 0 Å². The highest BCUT2D eigenvalue weighted by atomic mass is 16.2. The third-order valence-corrected chi connectivity index (χ3v) is 4.43. The van der Waals surface area contributed by atoms with Gasteiger partial charge in [-0.25, -0.2) is 4.98 Å². The third-order valence-electron chi connectivity index (χ3n) is 4.43. The molecule has 104 valence electrons. The van der Waals surface area contributed by atoms with Crippen LogP contribution in [-0.2, 0) is 11.8 Å². The van der Waals surface area contributed by atoms with Gasteiger partial charge >= 0.3 is 0 Å². The first kappa shape index (κ1) is 12.7. The van der Waals surface area contributed by atoms with Gasteiger partial charge in [-0.1, -0.05) is 19.3 Å². The number of carbonyl (C=O) groups is 1. The summed E-state index contributed by atoms with van der Waals surface area (Å²) in [6, 6.07) is 0.728. The van der Waals surface area contributed by atoms with Gasteiger partial charge in [0.25, 0.3) is 0 Å². The minimum atomic E-state index is 0.112. The first-order valence-electron chi connectivity index (χ1n) is 7.26. The molecule has 0 radical (unpaired) electrons. The van der Waals surface area contributed by atoms with Gasteiger partial charge in [0, 0.05) is 38.6 Å². The fourth-order valence-corrected chi connectivity index (χ4v) is 3.12. The number of carbonyl (C=O) groups excluding carboxylic acids is 1. The topological polar surface area (TPSA) is 50.2 Å². The van der Waals surface area contributed by atoms with E-state index in [2.05, 4.69) is 15.2 Å². The van der Waals surface area contributed by atoms with Gasteiger partial charge in [0.1, 0.15) is 0 Å². The molecule has 0 spiro atoms. The maximum Gasteiger partial charge on any atom is 0.232 e. The number of hydrogen-bond donors (Lipinski definition) is 1. The Morgan fingerprint density at radius 1 is 1.32 bits per heavy atom. The van der Waals surface area contributed by atoms with E-state index in [1.165, 1.54) is 32.1 Å². The van der Waals surface area contributed by atoms with Gasteiger partial charge in [0.05, 0.1) is 5.92 Å². The van der Waals surface area contributed by atoms with Crippen molar-refractivity contribution in [2.45, 2.75) is 38.1 Å². The molecule has 1 saturated heterocycles. The van der Waals surface area contributed by atoms with E-state index in [1.807, 2.05) is 17.8 Å². The van der Waals surface area contributed by atoms with Gasteiger partial charge in [-0.15, -0.1) is 0 Å². The molecule has 1 aliphatic carbocycles. The molecule has 5 heteroatoms. The second kappa shape index (κ2) is 5.33. The van der Waals surface area contributed by atoms with Crippen molar-refractivity contribution in [2.75, 3.05) is 18.4 Å². The van der Waals surface area contributed by atoms with Crippen LogP contribution in [0.5, 0.6) is 0 Å². The number of anilines is 1. The molecule has 3 rings (SSSR count). The van der Waals surface area contributed by atoms with Crippen LogP contribution in [-0.4, -0.2) is 39.5 Å². The zero-order valence-corrected chi connectivity index (χ0v) is 11.5. The monoisotopic (exact) mass is 262 g/mol. The molecular formula is C14H22N4O. The maximum atomic E-state index is 12.1. The number of rotatable bonds is 3. The Kier molecular flexibility index (Phi) is 3.55. The molecule has 2 fully saturated rings. The van der Waals surface area contributed by atoms with E-state index in [0.29, 0.717) is 5.95 Å². The van der Waals surface area contributed by atoms with Gasteiger partial charge in [-0.2, -0.15) is 0 Å². The fraction of sp³-hybridized carbons (Fsp3) is 0.714. The second-order valence-electron chi connectivity index (χ2n) is 5.79. The summed E-state index contributed by atoms with van der Waals surface area (Å²) in [5.74, 6) is 0.890. The zero-order valence-electron chi connectivity index (χ0n) is 11.5. The van der Waals surface area contributed by atoms with Crippen molar-refractivity contribution in [3.8, 4) is 0 Å². The van der Waals surface area contributed by atoms with Crippen LogP contribution in [0.3, 0.4) is 0 Å². The van der Waals surface area contributed by atoms with E-state index in [1.54, 1.807) is 6.20 Å². The number of amides is 1. The minimum absolute atomic E-state index is 0.112.